The van der Waals surface area contributed by atoms with Crippen LogP contribution in [-0.2, 0) is 16.0 Å². The number of carbonyl (C=O) groups is 2. The molecule has 0 aliphatic heterocycles. The third kappa shape index (κ3) is 5.09. The number of furan rings is 1. The van der Waals surface area contributed by atoms with Gasteiger partial charge in [0.2, 0.25) is 5.91 Å². The van der Waals surface area contributed by atoms with Crippen LogP contribution in [0, 0.1) is 0 Å². The predicted molar refractivity (Wildman–Crippen MR) is 101 cm³/mol. The number of amides is 1. The van der Waals surface area contributed by atoms with Crippen molar-refractivity contribution in [2.75, 3.05) is 6.61 Å². The van der Waals surface area contributed by atoms with Crippen molar-refractivity contribution in [3.8, 4) is 0 Å². The number of aryl methyl sites for hydroxylation is 1. The van der Waals surface area contributed by atoms with E-state index in [2.05, 4.69) is 5.32 Å². The zero-order valence-corrected chi connectivity index (χ0v) is 15.7. The van der Waals surface area contributed by atoms with Gasteiger partial charge in [0, 0.05) is 18.9 Å². The van der Waals surface area contributed by atoms with Crippen molar-refractivity contribution >= 4 is 17.4 Å². The van der Waals surface area contributed by atoms with Gasteiger partial charge < -0.3 is 14.5 Å². The van der Waals surface area contributed by atoms with Gasteiger partial charge in [-0.3, -0.25) is 9.59 Å². The molecule has 138 valence electrons. The first-order valence-electron chi connectivity index (χ1n) is 8.68. The lowest BCUT2D eigenvalue weighted by Gasteiger charge is -2.19. The maximum atomic E-state index is 12.7. The van der Waals surface area contributed by atoms with Gasteiger partial charge in [-0.2, -0.15) is 0 Å². The minimum atomic E-state index is -0.773. The first-order chi connectivity index (χ1) is 12.4. The molecule has 1 atom stereocenters. The highest BCUT2D eigenvalue weighted by Gasteiger charge is 2.23. The summed E-state index contributed by atoms with van der Waals surface area (Å²) in [6.45, 7) is 7.24. The Hall–Kier alpha value is -2.82. The van der Waals surface area contributed by atoms with Gasteiger partial charge in [-0.05, 0) is 31.6 Å². The molecular formula is C21H25NO4. The van der Waals surface area contributed by atoms with E-state index in [1.165, 1.54) is 6.92 Å². The van der Waals surface area contributed by atoms with E-state index in [4.69, 9.17) is 9.15 Å². The first-order valence-corrected chi connectivity index (χ1v) is 8.68. The van der Waals surface area contributed by atoms with Crippen LogP contribution in [0.4, 0.5) is 0 Å². The zero-order chi connectivity index (χ0) is 19.1. The molecule has 0 radical (unpaired) electrons. The highest BCUT2D eigenvalue weighted by molar-refractivity contribution is 6.01. The molecule has 0 spiro atoms. The topological polar surface area (TPSA) is 68.5 Å². The van der Waals surface area contributed by atoms with Gasteiger partial charge in [0.15, 0.2) is 17.3 Å². The average molecular weight is 355 g/mol. The Morgan fingerprint density at radius 2 is 1.77 bits per heavy atom. The highest BCUT2D eigenvalue weighted by atomic mass is 16.5. The van der Waals surface area contributed by atoms with Crippen molar-refractivity contribution < 1.29 is 18.7 Å². The van der Waals surface area contributed by atoms with Crippen molar-refractivity contribution in [2.45, 2.75) is 40.2 Å². The van der Waals surface area contributed by atoms with Gasteiger partial charge in [-0.1, -0.05) is 37.3 Å². The van der Waals surface area contributed by atoms with Gasteiger partial charge in [0.05, 0.1) is 0 Å². The molecule has 0 saturated carbocycles. The molecule has 1 unspecified atom stereocenters. The largest absolute Gasteiger partial charge is 0.487 e. The molecule has 1 N–H and O–H groups in total. The smallest absolute Gasteiger partial charge is 0.217 e. The molecule has 1 amide bonds. The normalized spacial score (nSPS) is 11.5. The van der Waals surface area contributed by atoms with Crippen LogP contribution in [0.15, 0.2) is 52.5 Å². The Balaban J connectivity index is 2.18. The van der Waals surface area contributed by atoms with E-state index >= 15 is 0 Å². The number of nitrogens with one attached hydrogen (secondary N) is 1. The fraction of sp³-hybridized carbons (Fsp3) is 0.333. The Bertz CT molecular complexity index is 785. The second kappa shape index (κ2) is 9.04. The summed E-state index contributed by atoms with van der Waals surface area (Å²) >= 11 is 0. The average Bonchev–Trinajstić information content (AvgIpc) is 3.09. The van der Waals surface area contributed by atoms with Gasteiger partial charge in [0.1, 0.15) is 18.4 Å². The molecule has 1 aromatic heterocycles. The van der Waals surface area contributed by atoms with Gasteiger partial charge in [-0.25, -0.2) is 0 Å². The summed E-state index contributed by atoms with van der Waals surface area (Å²) in [5, 5.41) is 2.67. The summed E-state index contributed by atoms with van der Waals surface area (Å²) < 4.78 is 11.7. The van der Waals surface area contributed by atoms with E-state index in [1.54, 1.807) is 24.3 Å². The SMILES string of the molecule is CCc1ccc(C(OCC(NC(C)=O)C(=O)c2ccccc2)=C(C)C)o1. The number of allylic oxidation sites excluding steroid dienone is 1. The van der Waals surface area contributed by atoms with Crippen molar-refractivity contribution in [2.24, 2.45) is 0 Å². The quantitative estimate of drug-likeness (QED) is 0.574. The Morgan fingerprint density at radius 1 is 1.08 bits per heavy atom. The maximum Gasteiger partial charge on any atom is 0.217 e. The van der Waals surface area contributed by atoms with Crippen molar-refractivity contribution in [3.05, 3.63) is 65.1 Å². The number of carbonyl (C=O) groups excluding carboxylic acids is 2. The van der Waals surface area contributed by atoms with Crippen LogP contribution < -0.4 is 5.32 Å². The van der Waals surface area contributed by atoms with Crippen molar-refractivity contribution in [1.82, 2.24) is 5.32 Å². The van der Waals surface area contributed by atoms with Crippen LogP contribution >= 0.6 is 0 Å². The third-order valence-electron chi connectivity index (χ3n) is 3.83. The lowest BCUT2D eigenvalue weighted by molar-refractivity contribution is -0.119. The summed E-state index contributed by atoms with van der Waals surface area (Å²) in [6, 6.07) is 11.8. The highest BCUT2D eigenvalue weighted by Crippen LogP contribution is 2.23. The molecule has 0 bridgehead atoms. The molecule has 0 saturated heterocycles. The maximum absolute atomic E-state index is 12.7. The number of benzene rings is 1. The molecule has 2 rings (SSSR count). The van der Waals surface area contributed by atoms with Gasteiger partial charge in [-0.15, -0.1) is 0 Å². The molecule has 0 aliphatic rings. The Kier molecular flexibility index (Phi) is 6.78. The zero-order valence-electron chi connectivity index (χ0n) is 15.7. The third-order valence-corrected chi connectivity index (χ3v) is 3.83. The molecule has 0 aliphatic carbocycles. The van der Waals surface area contributed by atoms with E-state index in [-0.39, 0.29) is 18.3 Å². The van der Waals surface area contributed by atoms with Crippen LogP contribution in [0.5, 0.6) is 0 Å². The molecule has 2 aromatic rings. The number of ketones is 1. The van der Waals surface area contributed by atoms with E-state index in [1.807, 2.05) is 39.0 Å². The fourth-order valence-corrected chi connectivity index (χ4v) is 2.55. The molecule has 1 aromatic carbocycles. The van der Waals surface area contributed by atoms with E-state index in [9.17, 15) is 9.59 Å². The number of Topliss-reactive ketones (excluding diaryl/α,β-unsaturated/α-hetero) is 1. The Labute approximate surface area is 154 Å². The molecular weight excluding hydrogens is 330 g/mol. The standard InChI is InChI=1S/C21H25NO4/c1-5-17-11-12-19(26-17)21(14(2)3)25-13-18(22-15(4)23)20(24)16-9-7-6-8-10-16/h6-12,18H,5,13H2,1-4H3,(H,22,23). The first kappa shape index (κ1) is 19.5. The predicted octanol–water partition coefficient (Wildman–Crippen LogP) is 4.00. The van der Waals surface area contributed by atoms with Gasteiger partial charge in [0.25, 0.3) is 0 Å². The molecule has 26 heavy (non-hydrogen) atoms. The molecule has 1 heterocycles. The van der Waals surface area contributed by atoms with Crippen LogP contribution in [0.25, 0.3) is 5.76 Å². The summed E-state index contributed by atoms with van der Waals surface area (Å²) in [4.78, 5) is 24.2. The Morgan fingerprint density at radius 3 is 2.31 bits per heavy atom. The van der Waals surface area contributed by atoms with Gasteiger partial charge >= 0.3 is 0 Å². The van der Waals surface area contributed by atoms with Crippen LogP contribution in [0.3, 0.4) is 0 Å². The van der Waals surface area contributed by atoms with E-state index < -0.39 is 6.04 Å². The van der Waals surface area contributed by atoms with Crippen molar-refractivity contribution in [1.29, 1.82) is 0 Å². The lowest BCUT2D eigenvalue weighted by Crippen LogP contribution is -2.43. The minimum Gasteiger partial charge on any atom is -0.487 e. The number of hydrogen-bond donors (Lipinski definition) is 1. The summed E-state index contributed by atoms with van der Waals surface area (Å²) in [5.41, 5.74) is 1.45. The molecule has 5 nitrogen and oxygen atoms in total. The van der Waals surface area contributed by atoms with Crippen molar-refractivity contribution in [3.63, 3.8) is 0 Å². The molecule has 5 heteroatoms. The summed E-state index contributed by atoms with van der Waals surface area (Å²) in [5.74, 6) is 1.59. The fourth-order valence-electron chi connectivity index (χ4n) is 2.55. The summed E-state index contributed by atoms with van der Waals surface area (Å²) in [7, 11) is 0. The van der Waals surface area contributed by atoms with Crippen LogP contribution in [0.1, 0.15) is 49.6 Å². The number of hydrogen-bond acceptors (Lipinski definition) is 4. The second-order valence-corrected chi connectivity index (χ2v) is 6.24. The van der Waals surface area contributed by atoms with Crippen LogP contribution in [0.2, 0.25) is 0 Å². The van der Waals surface area contributed by atoms with E-state index in [0.29, 0.717) is 17.1 Å². The van der Waals surface area contributed by atoms with E-state index in [0.717, 1.165) is 17.8 Å². The lowest BCUT2D eigenvalue weighted by atomic mass is 10.0. The second-order valence-electron chi connectivity index (χ2n) is 6.24. The monoisotopic (exact) mass is 355 g/mol. The summed E-state index contributed by atoms with van der Waals surface area (Å²) in [6.07, 6.45) is 0.789. The number of ether oxygens (including phenoxy) is 1. The molecule has 0 fully saturated rings. The van der Waals surface area contributed by atoms with Crippen LogP contribution in [-0.4, -0.2) is 24.3 Å². The number of rotatable bonds is 8. The minimum absolute atomic E-state index is 0.0238.